The first kappa shape index (κ1) is 11.0. The van der Waals surface area contributed by atoms with Gasteiger partial charge in [-0.3, -0.25) is 0 Å². The molecule has 18 heavy (non-hydrogen) atoms. The van der Waals surface area contributed by atoms with Gasteiger partial charge in [0.2, 0.25) is 11.7 Å². The van der Waals surface area contributed by atoms with E-state index in [0.717, 1.165) is 18.4 Å². The van der Waals surface area contributed by atoms with E-state index in [4.69, 9.17) is 9.63 Å². The lowest BCUT2D eigenvalue weighted by Gasteiger charge is -1.98. The van der Waals surface area contributed by atoms with E-state index in [1.54, 1.807) is 12.1 Å². The molecule has 2 aromatic rings. The van der Waals surface area contributed by atoms with Gasteiger partial charge in [0.05, 0.1) is 5.56 Å². The molecule has 1 heterocycles. The maximum absolute atomic E-state index is 10.7. The summed E-state index contributed by atoms with van der Waals surface area (Å²) in [6, 6.07) is 6.44. The number of carboxylic acid groups (broad SMARTS) is 1. The predicted octanol–water partition coefficient (Wildman–Crippen LogP) is 2.49. The molecule has 1 N–H and O–H groups in total. The van der Waals surface area contributed by atoms with Crippen LogP contribution in [0.4, 0.5) is 0 Å². The molecule has 0 unspecified atom stereocenters. The Kier molecular flexibility index (Phi) is 2.23. The molecular weight excluding hydrogens is 232 g/mol. The summed E-state index contributed by atoms with van der Waals surface area (Å²) in [7, 11) is 0. The van der Waals surface area contributed by atoms with E-state index in [2.05, 4.69) is 17.1 Å². The number of rotatable bonds is 3. The summed E-state index contributed by atoms with van der Waals surface area (Å²) in [6.45, 7) is 2.10. The van der Waals surface area contributed by atoms with Crippen molar-refractivity contribution in [3.05, 3.63) is 35.7 Å². The Morgan fingerprint density at radius 2 is 2.00 bits per heavy atom. The van der Waals surface area contributed by atoms with Crippen molar-refractivity contribution in [2.24, 2.45) is 0 Å². The monoisotopic (exact) mass is 244 g/mol. The Morgan fingerprint density at radius 3 is 2.56 bits per heavy atom. The van der Waals surface area contributed by atoms with Gasteiger partial charge in [-0.15, -0.1) is 0 Å². The third-order valence-corrected chi connectivity index (χ3v) is 3.33. The van der Waals surface area contributed by atoms with Gasteiger partial charge in [-0.05, 0) is 25.0 Å². The molecule has 1 saturated carbocycles. The summed E-state index contributed by atoms with van der Waals surface area (Å²) in [6.07, 6.45) is 2.15. The summed E-state index contributed by atoms with van der Waals surface area (Å²) in [5.41, 5.74) is 1.06. The quantitative estimate of drug-likeness (QED) is 0.897. The molecule has 3 rings (SSSR count). The highest BCUT2D eigenvalue weighted by Gasteiger charge is 2.44. The van der Waals surface area contributed by atoms with Crippen LogP contribution in [0.15, 0.2) is 28.8 Å². The third-order valence-electron chi connectivity index (χ3n) is 3.33. The minimum atomic E-state index is -0.944. The molecule has 1 aliphatic carbocycles. The molecule has 1 fully saturated rings. The standard InChI is InChI=1S/C13H12N2O3/c1-13(6-7-13)12-14-10(15-18-12)8-2-4-9(5-3-8)11(16)17/h2-5H,6-7H2,1H3,(H,16,17). The first-order valence-corrected chi connectivity index (χ1v) is 5.76. The van der Waals surface area contributed by atoms with E-state index in [1.165, 1.54) is 12.1 Å². The van der Waals surface area contributed by atoms with Crippen LogP contribution in [0.25, 0.3) is 11.4 Å². The largest absolute Gasteiger partial charge is 0.478 e. The van der Waals surface area contributed by atoms with Gasteiger partial charge in [0.25, 0.3) is 0 Å². The van der Waals surface area contributed by atoms with Crippen LogP contribution < -0.4 is 0 Å². The smallest absolute Gasteiger partial charge is 0.335 e. The van der Waals surface area contributed by atoms with Gasteiger partial charge >= 0.3 is 5.97 Å². The number of aromatic nitrogens is 2. The SMILES string of the molecule is CC1(c2nc(-c3ccc(C(=O)O)cc3)no2)CC1. The van der Waals surface area contributed by atoms with Gasteiger partial charge < -0.3 is 9.63 Å². The third kappa shape index (κ3) is 1.77. The average Bonchev–Trinajstić information content (AvgIpc) is 2.94. The van der Waals surface area contributed by atoms with Crippen LogP contribution in [-0.4, -0.2) is 21.2 Å². The van der Waals surface area contributed by atoms with Crippen LogP contribution >= 0.6 is 0 Å². The molecule has 0 amide bonds. The maximum atomic E-state index is 10.7. The fourth-order valence-electron chi connectivity index (χ4n) is 1.75. The summed E-state index contributed by atoms with van der Waals surface area (Å²) < 4.78 is 5.25. The summed E-state index contributed by atoms with van der Waals surface area (Å²) in [5.74, 6) is 0.232. The number of benzene rings is 1. The van der Waals surface area contributed by atoms with E-state index in [9.17, 15) is 4.79 Å². The first-order valence-electron chi connectivity index (χ1n) is 5.76. The maximum Gasteiger partial charge on any atom is 0.335 e. The minimum Gasteiger partial charge on any atom is -0.478 e. The summed E-state index contributed by atoms with van der Waals surface area (Å²) in [4.78, 5) is 15.1. The van der Waals surface area contributed by atoms with E-state index < -0.39 is 5.97 Å². The normalized spacial score (nSPS) is 16.5. The number of aromatic carboxylic acids is 1. The minimum absolute atomic E-state index is 0.0479. The molecule has 0 bridgehead atoms. The molecule has 0 aliphatic heterocycles. The van der Waals surface area contributed by atoms with E-state index in [-0.39, 0.29) is 11.0 Å². The average molecular weight is 244 g/mol. The molecule has 0 atom stereocenters. The van der Waals surface area contributed by atoms with Crippen molar-refractivity contribution in [1.82, 2.24) is 10.1 Å². The van der Waals surface area contributed by atoms with Crippen molar-refractivity contribution in [2.45, 2.75) is 25.2 Å². The molecule has 92 valence electrons. The molecule has 1 aromatic heterocycles. The number of carbonyl (C=O) groups is 1. The lowest BCUT2D eigenvalue weighted by molar-refractivity contribution is 0.0697. The number of hydrogen-bond acceptors (Lipinski definition) is 4. The highest BCUT2D eigenvalue weighted by atomic mass is 16.5. The van der Waals surface area contributed by atoms with Crippen molar-refractivity contribution < 1.29 is 14.4 Å². The van der Waals surface area contributed by atoms with Gasteiger partial charge in [-0.1, -0.05) is 24.2 Å². The van der Waals surface area contributed by atoms with Crippen molar-refractivity contribution in [2.75, 3.05) is 0 Å². The Balaban J connectivity index is 1.90. The number of nitrogens with zero attached hydrogens (tertiary/aromatic N) is 2. The van der Waals surface area contributed by atoms with Crippen LogP contribution in [0.3, 0.4) is 0 Å². The van der Waals surface area contributed by atoms with Gasteiger partial charge in [0.15, 0.2) is 0 Å². The highest BCUT2D eigenvalue weighted by molar-refractivity contribution is 5.88. The Bertz CT molecular complexity index is 597. The molecule has 0 spiro atoms. The van der Waals surface area contributed by atoms with E-state index >= 15 is 0 Å². The molecule has 1 aliphatic rings. The Labute approximate surface area is 103 Å². The second-order valence-corrected chi connectivity index (χ2v) is 4.87. The zero-order valence-corrected chi connectivity index (χ0v) is 9.88. The zero-order valence-electron chi connectivity index (χ0n) is 9.88. The van der Waals surface area contributed by atoms with Crippen LogP contribution in [0, 0.1) is 0 Å². The Morgan fingerprint density at radius 1 is 1.33 bits per heavy atom. The number of hydrogen-bond donors (Lipinski definition) is 1. The lowest BCUT2D eigenvalue weighted by atomic mass is 10.1. The molecule has 5 nitrogen and oxygen atoms in total. The van der Waals surface area contributed by atoms with Gasteiger partial charge in [0, 0.05) is 11.0 Å². The van der Waals surface area contributed by atoms with E-state index in [0.29, 0.717) is 11.7 Å². The molecule has 0 radical (unpaired) electrons. The van der Waals surface area contributed by atoms with Crippen LogP contribution in [0.5, 0.6) is 0 Å². The molecule has 0 saturated heterocycles. The second kappa shape index (κ2) is 3.66. The van der Waals surface area contributed by atoms with Crippen molar-refractivity contribution in [3.8, 4) is 11.4 Å². The van der Waals surface area contributed by atoms with Crippen molar-refractivity contribution >= 4 is 5.97 Å². The van der Waals surface area contributed by atoms with E-state index in [1.807, 2.05) is 0 Å². The van der Waals surface area contributed by atoms with Gasteiger partial charge in [-0.25, -0.2) is 4.79 Å². The van der Waals surface area contributed by atoms with Crippen LogP contribution in [-0.2, 0) is 5.41 Å². The van der Waals surface area contributed by atoms with Crippen LogP contribution in [0.1, 0.15) is 36.0 Å². The van der Waals surface area contributed by atoms with Gasteiger partial charge in [0.1, 0.15) is 0 Å². The van der Waals surface area contributed by atoms with Crippen LogP contribution in [0.2, 0.25) is 0 Å². The fraction of sp³-hybridized carbons (Fsp3) is 0.308. The predicted molar refractivity (Wildman–Crippen MR) is 63.3 cm³/mol. The van der Waals surface area contributed by atoms with Gasteiger partial charge in [-0.2, -0.15) is 4.98 Å². The molecular formula is C13H12N2O3. The first-order chi connectivity index (χ1) is 8.58. The summed E-state index contributed by atoms with van der Waals surface area (Å²) in [5, 5.41) is 12.7. The molecule has 1 aromatic carbocycles. The zero-order chi connectivity index (χ0) is 12.8. The number of carboxylic acids is 1. The second-order valence-electron chi connectivity index (χ2n) is 4.87. The fourth-order valence-corrected chi connectivity index (χ4v) is 1.75. The topological polar surface area (TPSA) is 76.2 Å². The summed E-state index contributed by atoms with van der Waals surface area (Å²) >= 11 is 0. The Hall–Kier alpha value is -2.17. The van der Waals surface area contributed by atoms with Crippen molar-refractivity contribution in [1.29, 1.82) is 0 Å². The van der Waals surface area contributed by atoms with Crippen molar-refractivity contribution in [3.63, 3.8) is 0 Å². The highest BCUT2D eigenvalue weighted by Crippen LogP contribution is 2.46. The molecule has 5 heteroatoms. The lowest BCUT2D eigenvalue weighted by Crippen LogP contribution is -1.99.